The third-order valence-corrected chi connectivity index (χ3v) is 5.87. The van der Waals surface area contributed by atoms with Crippen molar-refractivity contribution >= 4 is 22.6 Å². The Labute approximate surface area is 205 Å². The number of fused-ring (bicyclic) bond motifs is 1. The summed E-state index contributed by atoms with van der Waals surface area (Å²) in [5, 5.41) is 16.1. The second-order valence-corrected chi connectivity index (χ2v) is 8.81. The molecule has 4 aromatic rings. The summed E-state index contributed by atoms with van der Waals surface area (Å²) >= 11 is 0. The Morgan fingerprint density at radius 1 is 1.00 bits per heavy atom. The molecule has 6 nitrogen and oxygen atoms in total. The summed E-state index contributed by atoms with van der Waals surface area (Å²) < 4.78 is 0. The van der Waals surface area contributed by atoms with E-state index in [1.54, 1.807) is 30.5 Å². The summed E-state index contributed by atoms with van der Waals surface area (Å²) in [6.07, 6.45) is 2.44. The van der Waals surface area contributed by atoms with Gasteiger partial charge >= 0.3 is 0 Å². The molecule has 1 aromatic heterocycles. The van der Waals surface area contributed by atoms with E-state index >= 15 is 0 Å². The number of hydrogen-bond acceptors (Lipinski definition) is 4. The van der Waals surface area contributed by atoms with Crippen LogP contribution in [0.15, 0.2) is 79.0 Å². The lowest BCUT2D eigenvalue weighted by Crippen LogP contribution is -2.30. The van der Waals surface area contributed by atoms with Crippen molar-refractivity contribution in [3.8, 4) is 6.07 Å². The first-order valence-corrected chi connectivity index (χ1v) is 11.7. The maximum absolute atomic E-state index is 13.7. The van der Waals surface area contributed by atoms with Crippen molar-refractivity contribution in [1.82, 2.24) is 15.6 Å². The third-order valence-electron chi connectivity index (χ3n) is 5.87. The number of rotatable bonds is 9. The van der Waals surface area contributed by atoms with E-state index in [-0.39, 0.29) is 17.7 Å². The normalized spacial score (nSPS) is 11.8. The molecule has 1 heterocycles. The zero-order valence-electron chi connectivity index (χ0n) is 19.8. The molecule has 0 aliphatic carbocycles. The predicted molar refractivity (Wildman–Crippen MR) is 137 cm³/mol. The molecule has 3 N–H and O–H groups in total. The molecular weight excluding hydrogens is 436 g/mol. The van der Waals surface area contributed by atoms with Crippen LogP contribution < -0.4 is 10.6 Å². The molecule has 1 amide bonds. The Balaban J connectivity index is 1.56. The molecule has 35 heavy (non-hydrogen) atoms. The number of carbonyl (C=O) groups excluding carboxylic acids is 2. The Morgan fingerprint density at radius 2 is 1.74 bits per heavy atom. The first-order chi connectivity index (χ1) is 17.0. The van der Waals surface area contributed by atoms with Gasteiger partial charge in [0.1, 0.15) is 0 Å². The lowest BCUT2D eigenvalue weighted by atomic mass is 9.96. The fraction of sp³-hybridized carbons (Fsp3) is 0.207. The quantitative estimate of drug-likeness (QED) is 0.306. The Hall–Kier alpha value is -4.21. The molecular formula is C29H28N4O2. The molecule has 0 aliphatic rings. The number of aromatic amines is 1. The smallest absolute Gasteiger partial charge is 0.251 e. The van der Waals surface area contributed by atoms with Gasteiger partial charge in [-0.05, 0) is 55.7 Å². The molecule has 3 aromatic carbocycles. The SMILES string of the molecule is CC(C)NC(=O)c1ccc2c(C(=O)[C@@H](NCCc3ccc(C#N)cc3)c3ccccc3)c[nH]c2c1. The van der Waals surface area contributed by atoms with Crippen LogP contribution in [-0.4, -0.2) is 29.3 Å². The van der Waals surface area contributed by atoms with Crippen molar-refractivity contribution < 1.29 is 9.59 Å². The van der Waals surface area contributed by atoms with Crippen LogP contribution >= 0.6 is 0 Å². The minimum Gasteiger partial charge on any atom is -0.360 e. The summed E-state index contributed by atoms with van der Waals surface area (Å²) in [6.45, 7) is 4.43. The second-order valence-electron chi connectivity index (χ2n) is 8.81. The lowest BCUT2D eigenvalue weighted by molar-refractivity contribution is 0.0936. The largest absolute Gasteiger partial charge is 0.360 e. The first-order valence-electron chi connectivity index (χ1n) is 11.7. The number of aromatic nitrogens is 1. The lowest BCUT2D eigenvalue weighted by Gasteiger charge is -2.18. The van der Waals surface area contributed by atoms with E-state index in [0.29, 0.717) is 23.2 Å². The van der Waals surface area contributed by atoms with Crippen LogP contribution in [0.5, 0.6) is 0 Å². The zero-order chi connectivity index (χ0) is 24.8. The topological polar surface area (TPSA) is 97.8 Å². The van der Waals surface area contributed by atoms with E-state index in [0.717, 1.165) is 28.5 Å². The van der Waals surface area contributed by atoms with Gasteiger partial charge in [0.2, 0.25) is 0 Å². The number of carbonyl (C=O) groups is 2. The minimum absolute atomic E-state index is 0.0401. The standard InChI is InChI=1S/C29H28N4O2/c1-19(2)33-29(35)23-12-13-24-25(18-32-26(24)16-23)28(34)27(22-6-4-3-5-7-22)31-15-14-20-8-10-21(17-30)11-9-20/h3-13,16,18-19,27,31-32H,14-15H2,1-2H3,(H,33,35)/t27-/m0/s1. The summed E-state index contributed by atoms with van der Waals surface area (Å²) in [5.41, 5.74) is 4.48. The molecule has 0 radical (unpaired) electrons. The highest BCUT2D eigenvalue weighted by atomic mass is 16.1. The van der Waals surface area contributed by atoms with Gasteiger partial charge in [0.25, 0.3) is 5.91 Å². The fourth-order valence-corrected chi connectivity index (χ4v) is 4.09. The number of nitriles is 1. The average Bonchev–Trinajstić information content (AvgIpc) is 3.30. The van der Waals surface area contributed by atoms with Crippen molar-refractivity contribution in [3.63, 3.8) is 0 Å². The molecule has 0 bridgehead atoms. The Bertz CT molecular complexity index is 1370. The number of benzene rings is 3. The number of H-pyrrole nitrogens is 1. The van der Waals surface area contributed by atoms with Gasteiger partial charge in [0.05, 0.1) is 17.7 Å². The van der Waals surface area contributed by atoms with Crippen molar-refractivity contribution in [2.75, 3.05) is 6.54 Å². The molecule has 0 aliphatic heterocycles. The number of nitrogens with zero attached hydrogens (tertiary/aromatic N) is 1. The number of nitrogens with one attached hydrogen (secondary N) is 3. The molecule has 0 unspecified atom stereocenters. The molecule has 0 fully saturated rings. The van der Waals surface area contributed by atoms with Crippen LogP contribution in [0, 0.1) is 11.3 Å². The highest BCUT2D eigenvalue weighted by Crippen LogP contribution is 2.26. The molecule has 176 valence electrons. The van der Waals surface area contributed by atoms with E-state index in [2.05, 4.69) is 21.7 Å². The molecule has 1 atom stereocenters. The van der Waals surface area contributed by atoms with E-state index < -0.39 is 6.04 Å². The van der Waals surface area contributed by atoms with Gasteiger partial charge in [-0.2, -0.15) is 5.26 Å². The van der Waals surface area contributed by atoms with E-state index in [9.17, 15) is 9.59 Å². The summed E-state index contributed by atoms with van der Waals surface area (Å²) in [6, 6.07) is 24.2. The number of hydrogen-bond donors (Lipinski definition) is 3. The van der Waals surface area contributed by atoms with Crippen molar-refractivity contribution in [2.24, 2.45) is 0 Å². The maximum atomic E-state index is 13.7. The van der Waals surface area contributed by atoms with E-state index in [1.807, 2.05) is 62.4 Å². The van der Waals surface area contributed by atoms with Gasteiger partial charge in [0.15, 0.2) is 5.78 Å². The van der Waals surface area contributed by atoms with Crippen LogP contribution in [0.1, 0.15) is 57.3 Å². The highest BCUT2D eigenvalue weighted by Gasteiger charge is 2.24. The predicted octanol–water partition coefficient (Wildman–Crippen LogP) is 4.93. The van der Waals surface area contributed by atoms with Crippen molar-refractivity contribution in [3.05, 3.63) is 107 Å². The number of Topliss-reactive ketones (excluding diaryl/α,β-unsaturated/α-hetero) is 1. The summed E-state index contributed by atoms with van der Waals surface area (Å²) in [5.74, 6) is -0.183. The minimum atomic E-state index is -0.516. The fourth-order valence-electron chi connectivity index (χ4n) is 4.09. The highest BCUT2D eigenvalue weighted by molar-refractivity contribution is 6.11. The first kappa shape index (κ1) is 23.9. The van der Waals surface area contributed by atoms with E-state index in [4.69, 9.17) is 5.26 Å². The van der Waals surface area contributed by atoms with Crippen molar-refractivity contribution in [1.29, 1.82) is 5.26 Å². The third kappa shape index (κ3) is 5.65. The van der Waals surface area contributed by atoms with Gasteiger partial charge in [-0.1, -0.05) is 48.5 Å². The van der Waals surface area contributed by atoms with Crippen LogP contribution in [-0.2, 0) is 6.42 Å². The summed E-state index contributed by atoms with van der Waals surface area (Å²) in [4.78, 5) is 29.3. The van der Waals surface area contributed by atoms with Gasteiger partial charge in [-0.25, -0.2) is 0 Å². The molecule has 0 saturated heterocycles. The number of amides is 1. The van der Waals surface area contributed by atoms with Gasteiger partial charge in [-0.3, -0.25) is 9.59 Å². The molecule has 4 rings (SSSR count). The van der Waals surface area contributed by atoms with Gasteiger partial charge in [0, 0.05) is 40.8 Å². The average molecular weight is 465 g/mol. The van der Waals surface area contributed by atoms with E-state index in [1.165, 1.54) is 0 Å². The van der Waals surface area contributed by atoms with Crippen LogP contribution in [0.25, 0.3) is 10.9 Å². The van der Waals surface area contributed by atoms with Gasteiger partial charge < -0.3 is 15.6 Å². The zero-order valence-corrected chi connectivity index (χ0v) is 19.8. The Kier molecular flexibility index (Phi) is 7.39. The monoisotopic (exact) mass is 464 g/mol. The Morgan fingerprint density at radius 3 is 2.43 bits per heavy atom. The second kappa shape index (κ2) is 10.8. The molecule has 0 saturated carbocycles. The molecule has 0 spiro atoms. The summed E-state index contributed by atoms with van der Waals surface area (Å²) in [7, 11) is 0. The maximum Gasteiger partial charge on any atom is 0.251 e. The number of ketones is 1. The van der Waals surface area contributed by atoms with Crippen LogP contribution in [0.2, 0.25) is 0 Å². The van der Waals surface area contributed by atoms with Crippen LogP contribution in [0.3, 0.4) is 0 Å². The van der Waals surface area contributed by atoms with Crippen molar-refractivity contribution in [2.45, 2.75) is 32.4 Å². The van der Waals surface area contributed by atoms with Crippen LogP contribution in [0.4, 0.5) is 0 Å². The molecule has 6 heteroatoms. The van der Waals surface area contributed by atoms with Gasteiger partial charge in [-0.15, -0.1) is 0 Å².